The number of hydrogen-bond acceptors (Lipinski definition) is 10. The summed E-state index contributed by atoms with van der Waals surface area (Å²) in [4.78, 5) is 43.4. The van der Waals surface area contributed by atoms with E-state index in [0.29, 0.717) is 0 Å². The minimum atomic E-state index is -1.53. The van der Waals surface area contributed by atoms with E-state index in [0.717, 1.165) is 9.80 Å². The summed E-state index contributed by atoms with van der Waals surface area (Å²) in [6.07, 6.45) is 0. The summed E-state index contributed by atoms with van der Waals surface area (Å²) >= 11 is 0. The Morgan fingerprint density at radius 1 is 0.406 bits per heavy atom. The first-order valence-corrected chi connectivity index (χ1v) is 5.44. The number of hydrogen-bond donors (Lipinski definition) is 0. The average molecular weight is 637 g/mol. The Hall–Kier alpha value is 12.3. The summed E-state index contributed by atoms with van der Waals surface area (Å²) in [6.45, 7) is -3.25. The van der Waals surface area contributed by atoms with Gasteiger partial charge in [-0.25, -0.2) is 0 Å². The zero-order chi connectivity index (χ0) is 15.7. The summed E-state index contributed by atoms with van der Waals surface area (Å²) in [7, 11) is 0. The Kier molecular flexibility index (Phi) is 156. The molecule has 32 heavy (non-hydrogen) atoms. The predicted octanol–water partition coefficient (Wildman–Crippen LogP) is -24.6. The summed E-state index contributed by atoms with van der Waals surface area (Å²) in [6, 6.07) is 0. The second-order valence-corrected chi connectivity index (χ2v) is 3.91. The van der Waals surface area contributed by atoms with Gasteiger partial charge in [0, 0.05) is 39.3 Å². The summed E-state index contributed by atoms with van der Waals surface area (Å²) in [5, 5.41) is 41.6. The molecule has 0 saturated carbocycles. The van der Waals surface area contributed by atoms with Gasteiger partial charge in [0.25, 0.3) is 0 Å². The molecule has 0 aliphatic heterocycles. The topological polar surface area (TPSA) is 167 Å². The van der Waals surface area contributed by atoms with E-state index in [4.69, 9.17) is 0 Å². The molecular formula is C10H20K4N2Na8O8. The molecule has 0 rings (SSSR count). The van der Waals surface area contributed by atoms with E-state index in [2.05, 4.69) is 0 Å². The number of carboxylic acids is 4. The standard InChI is InChI=1S/C10H16N2O8.4K.8Na.8H/c13-7(14)3-11(4-8(15)16)1-2-12(5-9(17)18)6-10(19)20;;;;;;;;;;;;;;;;;;;;/h1-6H2,(H,13,14)(H,15,16)(H,17,18)(H,19,20);;;;;;;;;;;;;;;;;;;;/q;4*+1;;;;;;;;;;;;;;;;/p-4. The van der Waals surface area contributed by atoms with Gasteiger partial charge < -0.3 is 39.6 Å². The Morgan fingerprint density at radius 3 is 0.625 bits per heavy atom. The van der Waals surface area contributed by atoms with Crippen molar-refractivity contribution in [3.63, 3.8) is 0 Å². The fraction of sp³-hybridized carbons (Fsp3) is 0.600. The molecule has 0 aliphatic carbocycles. The molecule has 0 heterocycles. The molecule has 10 nitrogen and oxygen atoms in total. The molecule has 0 aliphatic rings. The third-order valence-corrected chi connectivity index (χ3v) is 2.14. The van der Waals surface area contributed by atoms with Crippen molar-refractivity contribution in [1.82, 2.24) is 9.80 Å². The van der Waals surface area contributed by atoms with Gasteiger partial charge in [0.05, 0.1) is 23.9 Å². The maximum atomic E-state index is 10.4. The molecule has 0 fully saturated rings. The molecule has 0 atom stereocenters. The summed E-state index contributed by atoms with van der Waals surface area (Å²) < 4.78 is 0. The van der Waals surface area contributed by atoms with Gasteiger partial charge >= 0.3 is 442 Å². The van der Waals surface area contributed by atoms with Crippen LogP contribution in [0.1, 0.15) is 0 Å². The molecule has 22 heteroatoms. The molecule has 0 aromatic carbocycles. The first kappa shape index (κ1) is 84.8. The van der Waals surface area contributed by atoms with Crippen LogP contribution >= 0.6 is 0 Å². The van der Waals surface area contributed by atoms with E-state index in [1.54, 1.807) is 0 Å². The van der Waals surface area contributed by atoms with Gasteiger partial charge in [-0.05, 0) is 0 Å². The van der Waals surface area contributed by atoms with E-state index < -0.39 is 50.1 Å². The third kappa shape index (κ3) is 65.1. The zero-order valence-electron chi connectivity index (χ0n) is 14.4. The summed E-state index contributed by atoms with van der Waals surface area (Å²) in [5.74, 6) is -6.12. The Labute approximate surface area is 536 Å². The van der Waals surface area contributed by atoms with Gasteiger partial charge in [-0.1, -0.05) is 0 Å². The van der Waals surface area contributed by atoms with Crippen molar-refractivity contribution in [2.45, 2.75) is 0 Å². The van der Waals surface area contributed by atoms with Crippen molar-refractivity contribution >= 4 is 260 Å². The SMILES string of the molecule is O=C([O-])CN(CCN(CC(=O)[O-])CC(=O)[O-])CC(=O)[O-].[K+].[K+].[K+].[K+].[NaH].[NaH].[NaH].[NaH].[NaH].[NaH].[NaH].[NaH]. The van der Waals surface area contributed by atoms with Crippen LogP contribution in [-0.4, -0.2) is 309 Å². The van der Waals surface area contributed by atoms with Crippen LogP contribution in [0.25, 0.3) is 0 Å². The van der Waals surface area contributed by atoms with Crippen LogP contribution in [0.5, 0.6) is 0 Å². The van der Waals surface area contributed by atoms with Crippen LogP contribution < -0.4 is 226 Å². The van der Waals surface area contributed by atoms with Gasteiger partial charge in [-0.3, -0.25) is 9.80 Å². The van der Waals surface area contributed by atoms with Gasteiger partial charge in [-0.2, -0.15) is 0 Å². The van der Waals surface area contributed by atoms with Gasteiger partial charge in [0.1, 0.15) is 0 Å². The predicted molar refractivity (Wildman–Crippen MR) is 110 cm³/mol. The van der Waals surface area contributed by atoms with Gasteiger partial charge in [0.2, 0.25) is 0 Å². The fourth-order valence-corrected chi connectivity index (χ4v) is 1.44. The maximum absolute atomic E-state index is 10.4. The average Bonchev–Trinajstić information content (AvgIpc) is 2.22. The van der Waals surface area contributed by atoms with E-state index >= 15 is 0 Å². The van der Waals surface area contributed by atoms with Crippen molar-refractivity contribution in [3.05, 3.63) is 0 Å². The molecule has 0 unspecified atom stereocenters. The molecule has 0 bridgehead atoms. The number of aliphatic carboxylic acids is 4. The number of carbonyl (C=O) groups excluding carboxylic acids is 4. The minimum absolute atomic E-state index is 0. The Bertz CT molecular complexity index is 357. The quantitative estimate of drug-likeness (QED) is 0.199. The van der Waals surface area contributed by atoms with E-state index in [1.807, 2.05) is 0 Å². The Morgan fingerprint density at radius 2 is 0.531 bits per heavy atom. The van der Waals surface area contributed by atoms with Gasteiger partial charge in [-0.15, -0.1) is 0 Å². The van der Waals surface area contributed by atoms with E-state index in [9.17, 15) is 39.6 Å². The number of carbonyl (C=O) groups is 4. The first-order chi connectivity index (χ1) is 9.20. The second kappa shape index (κ2) is 58.8. The van der Waals surface area contributed by atoms with Crippen LogP contribution in [0.2, 0.25) is 0 Å². The number of carboxylic acid groups (broad SMARTS) is 4. The molecule has 0 saturated heterocycles. The number of rotatable bonds is 11. The van der Waals surface area contributed by atoms with Crippen molar-refractivity contribution in [2.24, 2.45) is 0 Å². The Balaban J connectivity index is -0.0000000273. The second-order valence-electron chi connectivity index (χ2n) is 3.91. The van der Waals surface area contributed by atoms with Crippen LogP contribution in [-0.2, 0) is 19.2 Å². The van der Waals surface area contributed by atoms with Crippen LogP contribution in [0.3, 0.4) is 0 Å². The molecule has 0 N–H and O–H groups in total. The van der Waals surface area contributed by atoms with Crippen molar-refractivity contribution in [1.29, 1.82) is 0 Å². The van der Waals surface area contributed by atoms with Gasteiger partial charge in [0.15, 0.2) is 0 Å². The van der Waals surface area contributed by atoms with E-state index in [-0.39, 0.29) is 455 Å². The molecule has 0 aromatic rings. The molecule has 130 valence electrons. The van der Waals surface area contributed by atoms with Crippen LogP contribution in [0.15, 0.2) is 0 Å². The monoisotopic (exact) mass is 636 g/mol. The van der Waals surface area contributed by atoms with Crippen LogP contribution in [0, 0.1) is 0 Å². The number of nitrogens with zero attached hydrogens (tertiary/aromatic N) is 2. The normalized spacial score (nSPS) is 6.69. The first-order valence-electron chi connectivity index (χ1n) is 5.44. The van der Waals surface area contributed by atoms with E-state index in [1.165, 1.54) is 0 Å². The molecule has 0 radical (unpaired) electrons. The zero-order valence-corrected chi connectivity index (χ0v) is 26.9. The van der Waals surface area contributed by atoms with Crippen molar-refractivity contribution < 1.29 is 245 Å². The third-order valence-electron chi connectivity index (χ3n) is 2.14. The fourth-order valence-electron chi connectivity index (χ4n) is 1.44. The van der Waals surface area contributed by atoms with Crippen LogP contribution in [0.4, 0.5) is 0 Å². The summed E-state index contributed by atoms with van der Waals surface area (Å²) in [5.41, 5.74) is 0. The molecule has 0 amide bonds. The molecule has 0 spiro atoms. The molecule has 0 aromatic heterocycles. The van der Waals surface area contributed by atoms with Crippen molar-refractivity contribution in [2.75, 3.05) is 39.3 Å². The molecular weight excluding hydrogens is 616 g/mol. The van der Waals surface area contributed by atoms with Crippen molar-refractivity contribution in [3.8, 4) is 0 Å².